The van der Waals surface area contributed by atoms with E-state index in [4.69, 9.17) is 0 Å². The second-order valence-electron chi connectivity index (χ2n) is 6.43. The maximum Gasteiger partial charge on any atom is 0.326 e. The first-order valence-electron chi connectivity index (χ1n) is 8.42. The maximum absolute atomic E-state index is 12.8. The van der Waals surface area contributed by atoms with Gasteiger partial charge in [-0.3, -0.25) is 9.59 Å². The minimum atomic E-state index is -1.09. The third-order valence-corrected chi connectivity index (χ3v) is 4.66. The topological polar surface area (TPSA) is 86.7 Å². The van der Waals surface area contributed by atoms with Gasteiger partial charge < -0.3 is 15.3 Å². The lowest BCUT2D eigenvalue weighted by Crippen LogP contribution is -2.58. The Morgan fingerprint density at radius 3 is 2.64 bits per heavy atom. The number of benzene rings is 1. The van der Waals surface area contributed by atoms with Gasteiger partial charge in [0.05, 0.1) is 0 Å². The molecule has 1 fully saturated rings. The second kappa shape index (κ2) is 7.96. The van der Waals surface area contributed by atoms with E-state index in [0.29, 0.717) is 31.4 Å². The largest absolute Gasteiger partial charge is 0.480 e. The second-order valence-corrected chi connectivity index (χ2v) is 6.43. The van der Waals surface area contributed by atoms with Crippen LogP contribution in [0.3, 0.4) is 0 Å². The monoisotopic (exact) mass is 344 g/mol. The molecule has 2 N–H and O–H groups in total. The lowest BCUT2D eigenvalue weighted by atomic mass is 9.96. The van der Waals surface area contributed by atoms with E-state index in [-0.39, 0.29) is 12.3 Å². The van der Waals surface area contributed by atoms with Gasteiger partial charge in [0, 0.05) is 12.1 Å². The van der Waals surface area contributed by atoms with Crippen molar-refractivity contribution in [1.82, 2.24) is 10.2 Å². The van der Waals surface area contributed by atoms with Crippen LogP contribution in [0.25, 0.3) is 0 Å². The molecule has 0 radical (unpaired) electrons. The van der Waals surface area contributed by atoms with Crippen LogP contribution in [0, 0.1) is 0 Å². The Morgan fingerprint density at radius 1 is 1.36 bits per heavy atom. The first-order chi connectivity index (χ1) is 11.9. The molecule has 6 heteroatoms. The quantitative estimate of drug-likeness (QED) is 0.743. The number of amides is 2. The Hall–Kier alpha value is -2.63. The van der Waals surface area contributed by atoms with Crippen LogP contribution in [0.15, 0.2) is 43.0 Å². The number of carboxylic acid groups (broad SMARTS) is 1. The standard InChI is InChI=1S/C19H24N2O4/c1-3-4-11-15(17(23)24)20-18(25)19(2)12-8-13-21(19)16(22)14-9-6-5-7-10-14/h3,5-7,9-10,15H,1,4,8,11-13H2,2H3,(H,20,25)(H,23,24). The van der Waals surface area contributed by atoms with Gasteiger partial charge >= 0.3 is 5.97 Å². The molecule has 1 aromatic rings. The summed E-state index contributed by atoms with van der Waals surface area (Å²) >= 11 is 0. The van der Waals surface area contributed by atoms with Crippen molar-refractivity contribution >= 4 is 17.8 Å². The number of carboxylic acids is 1. The fourth-order valence-electron chi connectivity index (χ4n) is 3.12. The van der Waals surface area contributed by atoms with Crippen LogP contribution in [0.1, 0.15) is 43.0 Å². The fourth-order valence-corrected chi connectivity index (χ4v) is 3.12. The third kappa shape index (κ3) is 4.07. The predicted molar refractivity (Wildman–Crippen MR) is 94.1 cm³/mol. The number of aliphatic carboxylic acids is 1. The van der Waals surface area contributed by atoms with Crippen molar-refractivity contribution in [2.24, 2.45) is 0 Å². The van der Waals surface area contributed by atoms with E-state index < -0.39 is 23.5 Å². The number of nitrogens with zero attached hydrogens (tertiary/aromatic N) is 1. The lowest BCUT2D eigenvalue weighted by molar-refractivity contribution is -0.143. The van der Waals surface area contributed by atoms with Crippen molar-refractivity contribution in [1.29, 1.82) is 0 Å². The molecule has 1 aliphatic rings. The van der Waals surface area contributed by atoms with E-state index >= 15 is 0 Å². The molecule has 2 atom stereocenters. The van der Waals surface area contributed by atoms with Gasteiger partial charge in [-0.1, -0.05) is 24.3 Å². The van der Waals surface area contributed by atoms with Gasteiger partial charge in [-0.05, 0) is 44.7 Å². The Kier molecular flexibility index (Phi) is 5.96. The summed E-state index contributed by atoms with van der Waals surface area (Å²) in [6.07, 6.45) is 3.58. The van der Waals surface area contributed by atoms with Gasteiger partial charge in [-0.25, -0.2) is 4.79 Å². The highest BCUT2D eigenvalue weighted by Gasteiger charge is 2.46. The van der Waals surface area contributed by atoms with Crippen LogP contribution in [0.5, 0.6) is 0 Å². The summed E-state index contributed by atoms with van der Waals surface area (Å²) in [5, 5.41) is 11.9. The molecule has 0 bridgehead atoms. The average molecular weight is 344 g/mol. The fraction of sp³-hybridized carbons (Fsp3) is 0.421. The van der Waals surface area contributed by atoms with Crippen LogP contribution < -0.4 is 5.32 Å². The van der Waals surface area contributed by atoms with E-state index in [9.17, 15) is 19.5 Å². The molecule has 2 rings (SSSR count). The maximum atomic E-state index is 12.8. The molecule has 25 heavy (non-hydrogen) atoms. The minimum absolute atomic E-state index is 0.214. The van der Waals surface area contributed by atoms with Crippen molar-refractivity contribution in [3.05, 3.63) is 48.6 Å². The summed E-state index contributed by atoms with van der Waals surface area (Å²) in [6.45, 7) is 5.74. The Balaban J connectivity index is 2.17. The van der Waals surface area contributed by atoms with Crippen molar-refractivity contribution in [3.63, 3.8) is 0 Å². The molecule has 0 aliphatic carbocycles. The van der Waals surface area contributed by atoms with E-state index in [2.05, 4.69) is 11.9 Å². The number of hydrogen-bond acceptors (Lipinski definition) is 3. The van der Waals surface area contributed by atoms with Crippen LogP contribution >= 0.6 is 0 Å². The smallest absolute Gasteiger partial charge is 0.326 e. The molecule has 2 unspecified atom stereocenters. The van der Waals surface area contributed by atoms with Crippen molar-refractivity contribution in [3.8, 4) is 0 Å². The molecular weight excluding hydrogens is 320 g/mol. The SMILES string of the molecule is C=CCCC(NC(=O)C1(C)CCCN1C(=O)c1ccccc1)C(=O)O. The molecule has 1 heterocycles. The van der Waals surface area contributed by atoms with Crippen LogP contribution in [0.4, 0.5) is 0 Å². The van der Waals surface area contributed by atoms with Crippen molar-refractivity contribution < 1.29 is 19.5 Å². The highest BCUT2D eigenvalue weighted by atomic mass is 16.4. The molecule has 1 aliphatic heterocycles. The van der Waals surface area contributed by atoms with Gasteiger partial charge in [-0.2, -0.15) is 0 Å². The highest BCUT2D eigenvalue weighted by Crippen LogP contribution is 2.31. The van der Waals surface area contributed by atoms with Crippen molar-refractivity contribution in [2.75, 3.05) is 6.54 Å². The van der Waals surface area contributed by atoms with Crippen LogP contribution in [-0.4, -0.2) is 45.9 Å². The Morgan fingerprint density at radius 2 is 2.04 bits per heavy atom. The molecule has 134 valence electrons. The first-order valence-corrected chi connectivity index (χ1v) is 8.42. The molecular formula is C19H24N2O4. The first kappa shape index (κ1) is 18.7. The molecule has 0 spiro atoms. The molecule has 6 nitrogen and oxygen atoms in total. The number of likely N-dealkylation sites (tertiary alicyclic amines) is 1. The third-order valence-electron chi connectivity index (χ3n) is 4.66. The summed E-state index contributed by atoms with van der Waals surface area (Å²) < 4.78 is 0. The normalized spacial score (nSPS) is 20.8. The zero-order valence-corrected chi connectivity index (χ0v) is 14.4. The summed E-state index contributed by atoms with van der Waals surface area (Å²) in [4.78, 5) is 38.5. The zero-order valence-electron chi connectivity index (χ0n) is 14.4. The lowest BCUT2D eigenvalue weighted by Gasteiger charge is -2.35. The van der Waals surface area contributed by atoms with Gasteiger partial charge in [0.1, 0.15) is 11.6 Å². The van der Waals surface area contributed by atoms with Gasteiger partial charge in [0.2, 0.25) is 5.91 Å². The van der Waals surface area contributed by atoms with Gasteiger partial charge in [0.25, 0.3) is 5.91 Å². The van der Waals surface area contributed by atoms with E-state index in [0.717, 1.165) is 0 Å². The molecule has 1 saturated heterocycles. The summed E-state index contributed by atoms with van der Waals surface area (Å²) in [7, 11) is 0. The average Bonchev–Trinajstić information content (AvgIpc) is 3.01. The molecule has 1 aromatic carbocycles. The van der Waals surface area contributed by atoms with E-state index in [1.165, 1.54) is 0 Å². The minimum Gasteiger partial charge on any atom is -0.480 e. The number of carbonyl (C=O) groups is 3. The van der Waals surface area contributed by atoms with Crippen LogP contribution in [0.2, 0.25) is 0 Å². The van der Waals surface area contributed by atoms with Gasteiger partial charge in [-0.15, -0.1) is 6.58 Å². The number of nitrogens with one attached hydrogen (secondary N) is 1. The number of carbonyl (C=O) groups excluding carboxylic acids is 2. The summed E-state index contributed by atoms with van der Waals surface area (Å²) in [5.74, 6) is -1.72. The van der Waals surface area contributed by atoms with E-state index in [1.54, 1.807) is 42.2 Å². The van der Waals surface area contributed by atoms with Gasteiger partial charge in [0.15, 0.2) is 0 Å². The van der Waals surface area contributed by atoms with Crippen LogP contribution in [-0.2, 0) is 9.59 Å². The summed E-state index contributed by atoms with van der Waals surface area (Å²) in [5.41, 5.74) is -0.528. The molecule has 0 saturated carbocycles. The number of rotatable bonds is 7. The molecule has 0 aromatic heterocycles. The molecule has 2 amide bonds. The summed E-state index contributed by atoms with van der Waals surface area (Å²) in [6, 6.07) is 7.81. The zero-order chi connectivity index (χ0) is 18.4. The Labute approximate surface area is 147 Å². The number of hydrogen-bond donors (Lipinski definition) is 2. The predicted octanol–water partition coefficient (Wildman–Crippen LogP) is 2.22. The number of allylic oxidation sites excluding steroid dienone is 1. The van der Waals surface area contributed by atoms with E-state index in [1.807, 2.05) is 6.07 Å². The Bertz CT molecular complexity index is 659. The highest BCUT2D eigenvalue weighted by molar-refractivity contribution is 6.00. The van der Waals surface area contributed by atoms with Crippen molar-refractivity contribution in [2.45, 2.75) is 44.2 Å².